The Morgan fingerprint density at radius 1 is 1.24 bits per heavy atom. The maximum absolute atomic E-state index is 13.7. The topological polar surface area (TPSA) is 37.8 Å². The summed E-state index contributed by atoms with van der Waals surface area (Å²) in [6.07, 6.45) is 0. The first kappa shape index (κ1) is 16.6. The van der Waals surface area contributed by atoms with E-state index >= 15 is 0 Å². The third-order valence-corrected chi connectivity index (χ3v) is 4.64. The molecule has 1 heterocycles. The molecule has 0 fully saturated rings. The molecule has 0 atom stereocenters. The van der Waals surface area contributed by atoms with Gasteiger partial charge < -0.3 is 5.32 Å². The van der Waals surface area contributed by atoms with Crippen LogP contribution >= 0.6 is 38.5 Å². The van der Waals surface area contributed by atoms with Crippen molar-refractivity contribution in [2.45, 2.75) is 26.2 Å². The first-order chi connectivity index (χ1) is 9.74. The number of nitrogens with one attached hydrogen (secondary N) is 1. The number of anilines is 1. The predicted molar refractivity (Wildman–Crippen MR) is 96.1 cm³/mol. The van der Waals surface area contributed by atoms with Gasteiger partial charge in [0.1, 0.15) is 11.6 Å². The van der Waals surface area contributed by atoms with Crippen LogP contribution in [0.15, 0.2) is 22.7 Å². The van der Waals surface area contributed by atoms with Crippen LogP contribution < -0.4 is 5.32 Å². The van der Waals surface area contributed by atoms with E-state index in [9.17, 15) is 4.39 Å². The molecular weight excluding hydrogens is 448 g/mol. The van der Waals surface area contributed by atoms with E-state index in [-0.39, 0.29) is 11.2 Å². The lowest BCUT2D eigenvalue weighted by atomic mass is 9.91. The van der Waals surface area contributed by atoms with Crippen molar-refractivity contribution in [2.75, 3.05) is 12.4 Å². The molecule has 0 unspecified atom stereocenters. The largest absolute Gasteiger partial charge is 0.372 e. The lowest BCUT2D eigenvalue weighted by Crippen LogP contribution is -2.18. The van der Waals surface area contributed by atoms with Crippen LogP contribution in [0.25, 0.3) is 11.4 Å². The van der Waals surface area contributed by atoms with Crippen LogP contribution in [-0.4, -0.2) is 17.0 Å². The van der Waals surface area contributed by atoms with Crippen molar-refractivity contribution in [3.63, 3.8) is 0 Å². The van der Waals surface area contributed by atoms with Crippen LogP contribution in [0.4, 0.5) is 10.2 Å². The van der Waals surface area contributed by atoms with E-state index in [0.717, 1.165) is 15.1 Å². The molecule has 3 nitrogen and oxygen atoms in total. The Morgan fingerprint density at radius 3 is 2.43 bits per heavy atom. The number of halogens is 3. The van der Waals surface area contributed by atoms with Gasteiger partial charge in [0.2, 0.25) is 0 Å². The molecule has 0 saturated heterocycles. The van der Waals surface area contributed by atoms with Gasteiger partial charge in [-0.05, 0) is 56.7 Å². The minimum atomic E-state index is -0.321. The molecule has 0 aliphatic carbocycles. The average Bonchev–Trinajstić information content (AvgIpc) is 2.41. The van der Waals surface area contributed by atoms with Crippen molar-refractivity contribution in [3.05, 3.63) is 37.8 Å². The van der Waals surface area contributed by atoms with Crippen LogP contribution in [0.1, 0.15) is 26.5 Å². The van der Waals surface area contributed by atoms with E-state index in [0.29, 0.717) is 15.9 Å². The summed E-state index contributed by atoms with van der Waals surface area (Å²) in [4.78, 5) is 9.15. The summed E-state index contributed by atoms with van der Waals surface area (Å²) < 4.78 is 15.2. The highest BCUT2D eigenvalue weighted by Crippen LogP contribution is 2.32. The monoisotopic (exact) mass is 463 g/mol. The van der Waals surface area contributed by atoms with Crippen molar-refractivity contribution in [1.82, 2.24) is 9.97 Å². The second-order valence-electron chi connectivity index (χ2n) is 5.69. The summed E-state index contributed by atoms with van der Waals surface area (Å²) in [7, 11) is 1.82. The van der Waals surface area contributed by atoms with Gasteiger partial charge in [-0.1, -0.05) is 20.8 Å². The van der Waals surface area contributed by atoms with Gasteiger partial charge in [-0.25, -0.2) is 14.4 Å². The third-order valence-electron chi connectivity index (χ3n) is 2.98. The zero-order chi connectivity index (χ0) is 15.8. The van der Waals surface area contributed by atoms with Gasteiger partial charge in [0, 0.05) is 18.0 Å². The van der Waals surface area contributed by atoms with Gasteiger partial charge in [-0.15, -0.1) is 0 Å². The van der Waals surface area contributed by atoms with E-state index < -0.39 is 0 Å². The Hall–Kier alpha value is -0.760. The van der Waals surface area contributed by atoms with Crippen LogP contribution in [0.3, 0.4) is 0 Å². The summed E-state index contributed by atoms with van der Waals surface area (Å²) in [5.41, 5.74) is 1.49. The normalized spacial score (nSPS) is 11.6. The number of nitrogens with zero attached hydrogens (tertiary/aromatic N) is 2. The van der Waals surface area contributed by atoms with E-state index in [1.165, 1.54) is 6.07 Å². The SMILES string of the molecule is CNc1nc(-c2ccc(Br)c(F)c2)nc(C(C)(C)C)c1I. The fraction of sp³-hybridized carbons (Fsp3) is 0.333. The fourth-order valence-corrected chi connectivity index (χ4v) is 3.44. The van der Waals surface area contributed by atoms with E-state index in [4.69, 9.17) is 0 Å². The highest BCUT2D eigenvalue weighted by Gasteiger charge is 2.23. The fourth-order valence-electron chi connectivity index (χ4n) is 1.87. The highest BCUT2D eigenvalue weighted by atomic mass is 127. The Kier molecular flexibility index (Phi) is 4.87. The summed E-state index contributed by atoms with van der Waals surface area (Å²) in [5.74, 6) is 0.961. The van der Waals surface area contributed by atoms with Gasteiger partial charge in [-0.3, -0.25) is 0 Å². The Balaban J connectivity index is 2.66. The van der Waals surface area contributed by atoms with Crippen LogP contribution in [0, 0.1) is 9.39 Å². The molecule has 2 rings (SSSR count). The first-order valence-corrected chi connectivity index (χ1v) is 8.32. The van der Waals surface area contributed by atoms with Crippen molar-refractivity contribution in [1.29, 1.82) is 0 Å². The molecule has 1 aromatic heterocycles. The third kappa shape index (κ3) is 3.53. The van der Waals surface area contributed by atoms with Crippen molar-refractivity contribution in [3.8, 4) is 11.4 Å². The number of rotatable bonds is 2. The maximum atomic E-state index is 13.7. The summed E-state index contributed by atoms with van der Waals surface area (Å²) in [5, 5.41) is 3.08. The molecule has 0 aliphatic rings. The molecule has 0 amide bonds. The van der Waals surface area contributed by atoms with Gasteiger partial charge in [0.25, 0.3) is 0 Å². The predicted octanol–water partition coefficient (Wildman–Crippen LogP) is 4.99. The summed E-state index contributed by atoms with van der Waals surface area (Å²) in [6, 6.07) is 4.92. The molecular formula is C15H16BrFIN3. The smallest absolute Gasteiger partial charge is 0.161 e. The molecule has 0 spiro atoms. The molecule has 0 aliphatic heterocycles. The van der Waals surface area contributed by atoms with Crippen molar-refractivity contribution < 1.29 is 4.39 Å². The molecule has 2 aromatic rings. The molecule has 21 heavy (non-hydrogen) atoms. The van der Waals surface area contributed by atoms with Gasteiger partial charge in [0.05, 0.1) is 13.7 Å². The van der Waals surface area contributed by atoms with Gasteiger partial charge in [-0.2, -0.15) is 0 Å². The van der Waals surface area contributed by atoms with Crippen LogP contribution in [0.2, 0.25) is 0 Å². The first-order valence-electron chi connectivity index (χ1n) is 6.45. The van der Waals surface area contributed by atoms with Crippen LogP contribution in [-0.2, 0) is 5.41 Å². The van der Waals surface area contributed by atoms with E-state index in [2.05, 4.69) is 74.6 Å². The van der Waals surface area contributed by atoms with Crippen molar-refractivity contribution >= 4 is 44.3 Å². The molecule has 112 valence electrons. The molecule has 0 saturated carbocycles. The van der Waals surface area contributed by atoms with Crippen molar-refractivity contribution in [2.24, 2.45) is 0 Å². The minimum absolute atomic E-state index is 0.117. The quantitative estimate of drug-likeness (QED) is 0.637. The minimum Gasteiger partial charge on any atom is -0.372 e. The molecule has 0 bridgehead atoms. The van der Waals surface area contributed by atoms with E-state index in [1.807, 2.05) is 7.05 Å². The average molecular weight is 464 g/mol. The second-order valence-corrected chi connectivity index (χ2v) is 7.62. The maximum Gasteiger partial charge on any atom is 0.161 e. The zero-order valence-corrected chi connectivity index (χ0v) is 16.0. The number of hydrogen-bond acceptors (Lipinski definition) is 3. The number of hydrogen-bond donors (Lipinski definition) is 1. The summed E-state index contributed by atoms with van der Waals surface area (Å²) in [6.45, 7) is 6.30. The summed E-state index contributed by atoms with van der Waals surface area (Å²) >= 11 is 5.40. The lowest BCUT2D eigenvalue weighted by molar-refractivity contribution is 0.564. The Labute approximate surface area is 146 Å². The standard InChI is InChI=1S/C15H16BrFIN3/c1-15(2,3)12-11(18)14(19-4)21-13(20-12)8-5-6-9(16)10(17)7-8/h5-7H,1-4H3,(H,19,20,21). The molecule has 6 heteroatoms. The molecule has 1 aromatic carbocycles. The zero-order valence-electron chi connectivity index (χ0n) is 12.3. The second kappa shape index (κ2) is 6.16. The molecule has 0 radical (unpaired) electrons. The number of aromatic nitrogens is 2. The Bertz CT molecular complexity index is 683. The highest BCUT2D eigenvalue weighted by molar-refractivity contribution is 14.1. The van der Waals surface area contributed by atoms with Crippen LogP contribution in [0.5, 0.6) is 0 Å². The molecule has 1 N–H and O–H groups in total. The lowest BCUT2D eigenvalue weighted by Gasteiger charge is -2.21. The Morgan fingerprint density at radius 2 is 1.90 bits per heavy atom. The van der Waals surface area contributed by atoms with Gasteiger partial charge >= 0.3 is 0 Å². The number of benzene rings is 1. The van der Waals surface area contributed by atoms with Gasteiger partial charge in [0.15, 0.2) is 5.82 Å². The van der Waals surface area contributed by atoms with E-state index in [1.54, 1.807) is 12.1 Å².